The molecular formula is C21H16N4O3S. The maximum atomic E-state index is 12.5. The molecule has 2 aromatic carbocycles. The Hall–Kier alpha value is -3.78. The van der Waals surface area contributed by atoms with E-state index in [9.17, 15) is 4.79 Å². The Kier molecular flexibility index (Phi) is 5.44. The second kappa shape index (κ2) is 8.49. The van der Waals surface area contributed by atoms with Crippen LogP contribution in [0.5, 0.6) is 17.5 Å². The number of aromatic nitrogens is 3. The standard InChI is InChI=1S/C21H16N4O3S/c1-27-18-6-3-2-5-16(18)20-25-17(13-29-20)19(26)24-14-7-9-15(10-8-14)28-21-22-11-4-12-23-21/h2-13H,1H3,(H,24,26). The largest absolute Gasteiger partial charge is 0.496 e. The smallest absolute Gasteiger partial charge is 0.321 e. The number of rotatable bonds is 6. The fourth-order valence-electron chi connectivity index (χ4n) is 2.57. The highest BCUT2D eigenvalue weighted by atomic mass is 32.1. The van der Waals surface area contributed by atoms with Crippen LogP contribution in [0.3, 0.4) is 0 Å². The van der Waals surface area contributed by atoms with Gasteiger partial charge in [0.05, 0.1) is 12.7 Å². The van der Waals surface area contributed by atoms with E-state index in [1.165, 1.54) is 11.3 Å². The maximum absolute atomic E-state index is 12.5. The highest BCUT2D eigenvalue weighted by Gasteiger charge is 2.14. The van der Waals surface area contributed by atoms with Crippen LogP contribution in [0.1, 0.15) is 10.5 Å². The molecule has 0 bridgehead atoms. The Morgan fingerprint density at radius 3 is 2.52 bits per heavy atom. The van der Waals surface area contributed by atoms with Gasteiger partial charge in [0, 0.05) is 23.5 Å². The van der Waals surface area contributed by atoms with Crippen molar-refractivity contribution in [2.75, 3.05) is 12.4 Å². The van der Waals surface area contributed by atoms with E-state index < -0.39 is 0 Å². The summed E-state index contributed by atoms with van der Waals surface area (Å²) in [5.74, 6) is 0.996. The van der Waals surface area contributed by atoms with Crippen molar-refractivity contribution in [3.05, 3.63) is 78.1 Å². The van der Waals surface area contributed by atoms with Gasteiger partial charge in [-0.15, -0.1) is 11.3 Å². The van der Waals surface area contributed by atoms with Crippen LogP contribution in [0.2, 0.25) is 0 Å². The van der Waals surface area contributed by atoms with Gasteiger partial charge in [0.25, 0.3) is 5.91 Å². The number of anilines is 1. The van der Waals surface area contributed by atoms with E-state index in [0.29, 0.717) is 22.9 Å². The molecule has 2 aromatic heterocycles. The Morgan fingerprint density at radius 2 is 1.76 bits per heavy atom. The Morgan fingerprint density at radius 1 is 1.00 bits per heavy atom. The van der Waals surface area contributed by atoms with E-state index in [0.717, 1.165) is 10.6 Å². The summed E-state index contributed by atoms with van der Waals surface area (Å²) in [5, 5.41) is 5.27. The molecule has 2 heterocycles. The predicted octanol–water partition coefficient (Wildman–Crippen LogP) is 4.65. The van der Waals surface area contributed by atoms with Gasteiger partial charge < -0.3 is 14.8 Å². The van der Waals surface area contributed by atoms with Gasteiger partial charge in [-0.3, -0.25) is 4.79 Å². The fraction of sp³-hybridized carbons (Fsp3) is 0.0476. The molecule has 0 spiro atoms. The minimum absolute atomic E-state index is 0.260. The number of hydrogen-bond acceptors (Lipinski definition) is 7. The van der Waals surface area contributed by atoms with Crippen molar-refractivity contribution in [3.8, 4) is 28.1 Å². The number of nitrogens with zero attached hydrogens (tertiary/aromatic N) is 3. The molecule has 0 radical (unpaired) electrons. The molecule has 0 aliphatic carbocycles. The fourth-order valence-corrected chi connectivity index (χ4v) is 3.40. The van der Waals surface area contributed by atoms with Crippen molar-refractivity contribution in [2.24, 2.45) is 0 Å². The minimum Gasteiger partial charge on any atom is -0.496 e. The lowest BCUT2D eigenvalue weighted by molar-refractivity contribution is 0.102. The first-order valence-electron chi connectivity index (χ1n) is 8.68. The zero-order chi connectivity index (χ0) is 20.1. The first-order chi connectivity index (χ1) is 14.2. The van der Waals surface area contributed by atoms with Crippen LogP contribution in [-0.2, 0) is 0 Å². The van der Waals surface area contributed by atoms with E-state index in [4.69, 9.17) is 9.47 Å². The number of carbonyl (C=O) groups excluding carboxylic acids is 1. The van der Waals surface area contributed by atoms with Crippen molar-refractivity contribution >= 4 is 22.9 Å². The number of hydrogen-bond donors (Lipinski definition) is 1. The summed E-state index contributed by atoms with van der Waals surface area (Å²) in [6, 6.07) is 16.5. The van der Waals surface area contributed by atoms with Gasteiger partial charge in [0.2, 0.25) is 0 Å². The van der Waals surface area contributed by atoms with Crippen LogP contribution < -0.4 is 14.8 Å². The molecule has 0 aliphatic rings. The normalized spacial score (nSPS) is 10.4. The van der Waals surface area contributed by atoms with Gasteiger partial charge >= 0.3 is 6.01 Å². The van der Waals surface area contributed by atoms with E-state index >= 15 is 0 Å². The molecule has 8 heteroatoms. The Balaban J connectivity index is 1.44. The number of thiazole rings is 1. The number of benzene rings is 2. The van der Waals surface area contributed by atoms with Crippen molar-refractivity contribution in [1.82, 2.24) is 15.0 Å². The average Bonchev–Trinajstić information content (AvgIpc) is 3.26. The van der Waals surface area contributed by atoms with Crippen molar-refractivity contribution in [1.29, 1.82) is 0 Å². The van der Waals surface area contributed by atoms with Gasteiger partial charge in [-0.05, 0) is 42.5 Å². The third-order valence-corrected chi connectivity index (χ3v) is 4.81. The lowest BCUT2D eigenvalue weighted by Crippen LogP contribution is -2.12. The molecule has 0 aliphatic heterocycles. The topological polar surface area (TPSA) is 86.2 Å². The first-order valence-corrected chi connectivity index (χ1v) is 9.56. The van der Waals surface area contributed by atoms with Crippen molar-refractivity contribution < 1.29 is 14.3 Å². The van der Waals surface area contributed by atoms with Crippen LogP contribution >= 0.6 is 11.3 Å². The zero-order valence-electron chi connectivity index (χ0n) is 15.4. The van der Waals surface area contributed by atoms with E-state index in [2.05, 4.69) is 20.3 Å². The summed E-state index contributed by atoms with van der Waals surface area (Å²) in [6.45, 7) is 0. The molecule has 144 valence electrons. The van der Waals surface area contributed by atoms with Gasteiger partial charge in [0.1, 0.15) is 22.2 Å². The minimum atomic E-state index is -0.289. The SMILES string of the molecule is COc1ccccc1-c1nc(C(=O)Nc2ccc(Oc3ncccn3)cc2)cs1. The molecule has 0 fully saturated rings. The van der Waals surface area contributed by atoms with E-state index in [-0.39, 0.29) is 11.9 Å². The van der Waals surface area contributed by atoms with Gasteiger partial charge in [-0.1, -0.05) is 12.1 Å². The quantitative estimate of drug-likeness (QED) is 0.503. The van der Waals surface area contributed by atoms with Crippen molar-refractivity contribution in [3.63, 3.8) is 0 Å². The highest BCUT2D eigenvalue weighted by Crippen LogP contribution is 2.32. The van der Waals surface area contributed by atoms with Crippen LogP contribution in [-0.4, -0.2) is 28.0 Å². The zero-order valence-corrected chi connectivity index (χ0v) is 16.2. The maximum Gasteiger partial charge on any atom is 0.321 e. The first kappa shape index (κ1) is 18.6. The third-order valence-electron chi connectivity index (χ3n) is 3.94. The summed E-state index contributed by atoms with van der Waals surface area (Å²) in [6.07, 6.45) is 3.20. The van der Waals surface area contributed by atoms with E-state index in [1.807, 2.05) is 24.3 Å². The van der Waals surface area contributed by atoms with Crippen LogP contribution in [0.15, 0.2) is 72.4 Å². The molecule has 1 amide bonds. The summed E-state index contributed by atoms with van der Waals surface area (Å²) in [7, 11) is 1.61. The average molecular weight is 404 g/mol. The highest BCUT2D eigenvalue weighted by molar-refractivity contribution is 7.13. The second-order valence-corrected chi connectivity index (χ2v) is 6.71. The molecule has 0 saturated heterocycles. The lowest BCUT2D eigenvalue weighted by Gasteiger charge is -2.06. The number of methoxy groups -OCH3 is 1. The molecule has 4 rings (SSSR count). The Labute approximate surface area is 171 Å². The molecule has 0 unspecified atom stereocenters. The summed E-state index contributed by atoms with van der Waals surface area (Å²) in [5.41, 5.74) is 1.82. The summed E-state index contributed by atoms with van der Waals surface area (Å²) in [4.78, 5) is 25.0. The van der Waals surface area contributed by atoms with Crippen LogP contribution in [0.25, 0.3) is 10.6 Å². The van der Waals surface area contributed by atoms with Crippen molar-refractivity contribution in [2.45, 2.75) is 0 Å². The molecular weight excluding hydrogens is 388 g/mol. The van der Waals surface area contributed by atoms with Gasteiger partial charge in [-0.2, -0.15) is 0 Å². The number of nitrogens with one attached hydrogen (secondary N) is 1. The molecule has 1 N–H and O–H groups in total. The summed E-state index contributed by atoms with van der Waals surface area (Å²) < 4.78 is 10.9. The molecule has 4 aromatic rings. The molecule has 7 nitrogen and oxygen atoms in total. The Bertz CT molecular complexity index is 1110. The van der Waals surface area contributed by atoms with Gasteiger partial charge in [0.15, 0.2) is 0 Å². The van der Waals surface area contributed by atoms with E-state index in [1.54, 1.807) is 55.2 Å². The lowest BCUT2D eigenvalue weighted by atomic mass is 10.2. The summed E-state index contributed by atoms with van der Waals surface area (Å²) >= 11 is 1.39. The number of carbonyl (C=O) groups is 1. The number of ether oxygens (including phenoxy) is 2. The molecule has 0 saturated carbocycles. The van der Waals surface area contributed by atoms with Crippen LogP contribution in [0.4, 0.5) is 5.69 Å². The number of para-hydroxylation sites is 1. The molecule has 0 atom stereocenters. The third kappa shape index (κ3) is 4.39. The predicted molar refractivity (Wildman–Crippen MR) is 111 cm³/mol. The second-order valence-electron chi connectivity index (χ2n) is 5.85. The monoisotopic (exact) mass is 404 g/mol. The number of amides is 1. The van der Waals surface area contributed by atoms with Crippen LogP contribution in [0, 0.1) is 0 Å². The van der Waals surface area contributed by atoms with Gasteiger partial charge in [-0.25, -0.2) is 15.0 Å². The molecule has 29 heavy (non-hydrogen) atoms.